The third-order valence-electron chi connectivity index (χ3n) is 4.47. The number of hydrogen-bond acceptors (Lipinski definition) is 3. The van der Waals surface area contributed by atoms with Gasteiger partial charge in [0, 0.05) is 28.0 Å². The van der Waals surface area contributed by atoms with E-state index in [-0.39, 0.29) is 0 Å². The van der Waals surface area contributed by atoms with Gasteiger partial charge >= 0.3 is 0 Å². The van der Waals surface area contributed by atoms with E-state index in [1.165, 1.54) is 34.3 Å². The molecule has 1 aliphatic rings. The molecular weight excluding hydrogens is 400 g/mol. The summed E-state index contributed by atoms with van der Waals surface area (Å²) in [5.41, 5.74) is 0.337. The van der Waals surface area contributed by atoms with E-state index in [1.807, 2.05) is 0 Å². The van der Waals surface area contributed by atoms with Crippen molar-refractivity contribution < 1.29 is 0 Å². The Labute approximate surface area is 143 Å². The fourth-order valence-corrected chi connectivity index (χ4v) is 5.40. The molecule has 1 aliphatic carbocycles. The van der Waals surface area contributed by atoms with E-state index in [0.29, 0.717) is 5.54 Å². The van der Waals surface area contributed by atoms with Gasteiger partial charge in [0.05, 0.1) is 3.79 Å². The molecule has 2 nitrogen and oxygen atoms in total. The van der Waals surface area contributed by atoms with E-state index in [9.17, 15) is 0 Å². The first kappa shape index (κ1) is 16.9. The highest BCUT2D eigenvalue weighted by atomic mass is 79.9. The molecule has 0 spiro atoms. The van der Waals surface area contributed by atoms with Gasteiger partial charge < -0.3 is 10.2 Å². The maximum atomic E-state index is 3.68. The van der Waals surface area contributed by atoms with Crippen molar-refractivity contribution in [3.8, 4) is 0 Å². The highest BCUT2D eigenvalue weighted by molar-refractivity contribution is 9.13. The minimum atomic E-state index is 0.337. The largest absolute Gasteiger partial charge is 0.310 e. The summed E-state index contributed by atoms with van der Waals surface area (Å²) >= 11 is 8.92. The minimum absolute atomic E-state index is 0.337. The molecule has 20 heavy (non-hydrogen) atoms. The molecule has 0 aromatic carbocycles. The van der Waals surface area contributed by atoms with Gasteiger partial charge in [0.2, 0.25) is 0 Å². The first-order valence-electron chi connectivity index (χ1n) is 7.25. The molecule has 1 aromatic rings. The molecule has 0 radical (unpaired) electrons. The fraction of sp³-hybridized carbons (Fsp3) is 0.733. The van der Waals surface area contributed by atoms with Crippen LogP contribution in [0.25, 0.3) is 0 Å². The lowest BCUT2D eigenvalue weighted by atomic mass is 9.75. The first-order valence-corrected chi connectivity index (χ1v) is 9.65. The number of thiophene rings is 1. The molecule has 1 N–H and O–H groups in total. The van der Waals surface area contributed by atoms with Gasteiger partial charge in [-0.2, -0.15) is 0 Å². The van der Waals surface area contributed by atoms with Crippen LogP contribution in [0, 0.1) is 5.92 Å². The monoisotopic (exact) mass is 422 g/mol. The minimum Gasteiger partial charge on any atom is -0.310 e. The van der Waals surface area contributed by atoms with Crippen LogP contribution in [0.15, 0.2) is 14.3 Å². The summed E-state index contributed by atoms with van der Waals surface area (Å²) in [6, 6.07) is 2.20. The zero-order valence-corrected chi connectivity index (χ0v) is 16.5. The number of hydrogen-bond donors (Lipinski definition) is 1. The molecule has 1 saturated carbocycles. The normalized spacial score (nSPS) is 27.2. The van der Waals surface area contributed by atoms with Gasteiger partial charge in [-0.3, -0.25) is 0 Å². The zero-order valence-electron chi connectivity index (χ0n) is 12.5. The molecule has 0 saturated heterocycles. The van der Waals surface area contributed by atoms with Crippen LogP contribution >= 0.6 is 43.2 Å². The summed E-state index contributed by atoms with van der Waals surface area (Å²) in [6.07, 6.45) is 5.37. The van der Waals surface area contributed by atoms with Crippen LogP contribution < -0.4 is 5.32 Å². The van der Waals surface area contributed by atoms with Crippen LogP contribution in [0.5, 0.6) is 0 Å². The van der Waals surface area contributed by atoms with Crippen LogP contribution in [-0.4, -0.2) is 31.1 Å². The van der Waals surface area contributed by atoms with Gasteiger partial charge in [0.1, 0.15) is 0 Å². The average Bonchev–Trinajstić information content (AvgIpc) is 2.68. The van der Waals surface area contributed by atoms with E-state index < -0.39 is 0 Å². The molecule has 1 aromatic heterocycles. The number of nitrogens with one attached hydrogen (secondary N) is 1. The maximum Gasteiger partial charge on any atom is 0.0843 e. The van der Waals surface area contributed by atoms with Gasteiger partial charge in [0.15, 0.2) is 0 Å². The highest BCUT2D eigenvalue weighted by Crippen LogP contribution is 2.36. The Bertz CT molecular complexity index is 428. The number of nitrogens with zero attached hydrogens (tertiary/aromatic N) is 1. The number of rotatable bonds is 5. The quantitative estimate of drug-likeness (QED) is 0.726. The average molecular weight is 424 g/mol. The van der Waals surface area contributed by atoms with Crippen LogP contribution in [0.4, 0.5) is 0 Å². The van der Waals surface area contributed by atoms with Crippen LogP contribution in [0.1, 0.15) is 37.5 Å². The Morgan fingerprint density at radius 3 is 2.75 bits per heavy atom. The molecule has 2 atom stereocenters. The van der Waals surface area contributed by atoms with Gasteiger partial charge in [-0.25, -0.2) is 0 Å². The van der Waals surface area contributed by atoms with E-state index in [4.69, 9.17) is 0 Å². The molecule has 0 bridgehead atoms. The summed E-state index contributed by atoms with van der Waals surface area (Å²) in [5, 5.41) is 3.68. The molecule has 0 aliphatic heterocycles. The molecule has 1 fully saturated rings. The first-order chi connectivity index (χ1) is 9.43. The Morgan fingerprint density at radius 1 is 1.45 bits per heavy atom. The fourth-order valence-electron chi connectivity index (χ4n) is 3.25. The van der Waals surface area contributed by atoms with Gasteiger partial charge in [0.25, 0.3) is 0 Å². The van der Waals surface area contributed by atoms with Gasteiger partial charge in [-0.1, -0.05) is 19.8 Å². The van der Waals surface area contributed by atoms with E-state index >= 15 is 0 Å². The van der Waals surface area contributed by atoms with Crippen molar-refractivity contribution in [3.05, 3.63) is 19.2 Å². The molecule has 5 heteroatoms. The second-order valence-corrected chi connectivity index (χ2v) is 9.57. The van der Waals surface area contributed by atoms with Crippen LogP contribution in [-0.2, 0) is 6.54 Å². The summed E-state index contributed by atoms with van der Waals surface area (Å²) < 4.78 is 2.34. The molecule has 114 valence electrons. The second-order valence-electron chi connectivity index (χ2n) is 6.26. The summed E-state index contributed by atoms with van der Waals surface area (Å²) in [7, 11) is 4.47. The van der Waals surface area contributed by atoms with Gasteiger partial charge in [-0.05, 0) is 70.8 Å². The SMILES string of the molecule is CC1CCCC(CNCc2cc(Br)c(Br)s2)(N(C)C)C1. The summed E-state index contributed by atoms with van der Waals surface area (Å²) in [4.78, 5) is 3.82. The number of likely N-dealkylation sites (N-methyl/N-ethyl adjacent to an activating group) is 1. The molecule has 1 heterocycles. The van der Waals surface area contributed by atoms with Crippen molar-refractivity contribution >= 4 is 43.2 Å². The van der Waals surface area contributed by atoms with E-state index in [0.717, 1.165) is 23.5 Å². The van der Waals surface area contributed by atoms with Crippen molar-refractivity contribution in [2.45, 2.75) is 44.7 Å². The standard InChI is InChI=1S/C15H24Br2N2S/c1-11-5-4-6-15(8-11,19(2)3)10-18-9-12-7-13(16)14(17)20-12/h7,11,18H,4-6,8-10H2,1-3H3. The lowest BCUT2D eigenvalue weighted by Crippen LogP contribution is -2.54. The predicted octanol–water partition coefficient (Wildman–Crippen LogP) is 4.87. The van der Waals surface area contributed by atoms with E-state index in [1.54, 1.807) is 11.3 Å². The Kier molecular flexibility index (Phi) is 6.12. The van der Waals surface area contributed by atoms with Crippen molar-refractivity contribution in [2.75, 3.05) is 20.6 Å². The predicted molar refractivity (Wildman–Crippen MR) is 95.5 cm³/mol. The van der Waals surface area contributed by atoms with Crippen molar-refractivity contribution in [1.29, 1.82) is 0 Å². The molecule has 2 unspecified atom stereocenters. The smallest absolute Gasteiger partial charge is 0.0843 e. The van der Waals surface area contributed by atoms with Crippen molar-refractivity contribution in [3.63, 3.8) is 0 Å². The summed E-state index contributed by atoms with van der Waals surface area (Å²) in [5.74, 6) is 0.845. The van der Waals surface area contributed by atoms with Crippen molar-refractivity contribution in [2.24, 2.45) is 5.92 Å². The van der Waals surface area contributed by atoms with Crippen molar-refractivity contribution in [1.82, 2.24) is 10.2 Å². The maximum absolute atomic E-state index is 3.68. The van der Waals surface area contributed by atoms with Crippen LogP contribution in [0.3, 0.4) is 0 Å². The molecule has 0 amide bonds. The van der Waals surface area contributed by atoms with Crippen LogP contribution in [0.2, 0.25) is 0 Å². The second kappa shape index (κ2) is 7.23. The van der Waals surface area contributed by atoms with E-state index in [2.05, 4.69) is 69.2 Å². The molecule has 2 rings (SSSR count). The Morgan fingerprint density at radius 2 is 2.20 bits per heavy atom. The number of halogens is 2. The third-order valence-corrected chi connectivity index (χ3v) is 7.72. The lowest BCUT2D eigenvalue weighted by molar-refractivity contribution is 0.0750. The lowest BCUT2D eigenvalue weighted by Gasteiger charge is -2.45. The van der Waals surface area contributed by atoms with Gasteiger partial charge in [-0.15, -0.1) is 11.3 Å². The topological polar surface area (TPSA) is 15.3 Å². The third kappa shape index (κ3) is 4.07. The zero-order chi connectivity index (χ0) is 14.8. The summed E-state index contributed by atoms with van der Waals surface area (Å²) in [6.45, 7) is 4.43. The Balaban J connectivity index is 1.92. The highest BCUT2D eigenvalue weighted by Gasteiger charge is 2.36. The molecular formula is C15H24Br2N2S. The Hall–Kier alpha value is 0.580.